The first-order valence-corrected chi connectivity index (χ1v) is 8.19. The van der Waals surface area contributed by atoms with Gasteiger partial charge in [-0.15, -0.1) is 12.4 Å². The SMILES string of the molecule is COc1cc(CNC(=O)[C@H]2CNC[C@@H]2c2cnn(C)c2)ccc1C.Cl. The third kappa shape index (κ3) is 4.32. The molecule has 2 atom stereocenters. The first kappa shape index (κ1) is 19.3. The van der Waals surface area contributed by atoms with E-state index in [2.05, 4.69) is 15.7 Å². The van der Waals surface area contributed by atoms with Gasteiger partial charge in [-0.2, -0.15) is 5.10 Å². The molecule has 0 aliphatic carbocycles. The van der Waals surface area contributed by atoms with Gasteiger partial charge in [-0.3, -0.25) is 9.48 Å². The van der Waals surface area contributed by atoms with Crippen LogP contribution >= 0.6 is 12.4 Å². The van der Waals surface area contributed by atoms with Gasteiger partial charge < -0.3 is 15.4 Å². The molecule has 0 unspecified atom stereocenters. The Morgan fingerprint density at radius 2 is 2.24 bits per heavy atom. The fourth-order valence-electron chi connectivity index (χ4n) is 3.23. The maximum atomic E-state index is 12.6. The summed E-state index contributed by atoms with van der Waals surface area (Å²) in [7, 11) is 3.55. The average Bonchev–Trinajstić information content (AvgIpc) is 3.22. The maximum absolute atomic E-state index is 12.6. The van der Waals surface area contributed by atoms with Crippen LogP contribution in [0.4, 0.5) is 0 Å². The van der Waals surface area contributed by atoms with E-state index in [1.807, 2.05) is 44.6 Å². The zero-order valence-electron chi connectivity index (χ0n) is 14.8. The molecule has 1 aromatic carbocycles. The number of hydrogen-bond acceptors (Lipinski definition) is 4. The lowest BCUT2D eigenvalue weighted by Crippen LogP contribution is -2.33. The van der Waals surface area contributed by atoms with Crippen LogP contribution in [0.1, 0.15) is 22.6 Å². The van der Waals surface area contributed by atoms with E-state index in [1.165, 1.54) is 0 Å². The van der Waals surface area contributed by atoms with Crippen LogP contribution in [0.25, 0.3) is 0 Å². The molecule has 1 aliphatic rings. The van der Waals surface area contributed by atoms with Crippen molar-refractivity contribution >= 4 is 18.3 Å². The monoisotopic (exact) mass is 364 g/mol. The summed E-state index contributed by atoms with van der Waals surface area (Å²) in [5.41, 5.74) is 3.23. The zero-order valence-corrected chi connectivity index (χ0v) is 15.6. The van der Waals surface area contributed by atoms with Gasteiger partial charge in [0.15, 0.2) is 0 Å². The third-order valence-corrected chi connectivity index (χ3v) is 4.64. The molecule has 1 aromatic heterocycles. The molecule has 2 aromatic rings. The molecule has 25 heavy (non-hydrogen) atoms. The molecule has 136 valence electrons. The highest BCUT2D eigenvalue weighted by molar-refractivity contribution is 5.85. The number of hydrogen-bond donors (Lipinski definition) is 2. The minimum atomic E-state index is -0.0680. The molecule has 2 N–H and O–H groups in total. The number of methoxy groups -OCH3 is 1. The summed E-state index contributed by atoms with van der Waals surface area (Å²) in [6, 6.07) is 6.00. The Morgan fingerprint density at radius 3 is 2.92 bits per heavy atom. The second kappa shape index (κ2) is 8.36. The van der Waals surface area contributed by atoms with Gasteiger partial charge in [-0.25, -0.2) is 0 Å². The topological polar surface area (TPSA) is 68.2 Å². The van der Waals surface area contributed by atoms with Crippen molar-refractivity contribution < 1.29 is 9.53 Å². The van der Waals surface area contributed by atoms with E-state index in [4.69, 9.17) is 4.74 Å². The average molecular weight is 365 g/mol. The van der Waals surface area contributed by atoms with Gasteiger partial charge in [0, 0.05) is 38.8 Å². The van der Waals surface area contributed by atoms with E-state index in [0.717, 1.165) is 29.0 Å². The van der Waals surface area contributed by atoms with E-state index in [-0.39, 0.29) is 30.2 Å². The van der Waals surface area contributed by atoms with Gasteiger partial charge in [0.05, 0.1) is 19.2 Å². The van der Waals surface area contributed by atoms with Crippen molar-refractivity contribution in [3.63, 3.8) is 0 Å². The molecule has 1 aliphatic heterocycles. The molecule has 0 saturated carbocycles. The second-order valence-corrected chi connectivity index (χ2v) is 6.34. The standard InChI is InChI=1S/C18H24N4O2.ClH/c1-12-4-5-13(6-17(12)24-3)7-20-18(23)16-10-19-9-15(16)14-8-21-22(2)11-14;/h4-6,8,11,15-16,19H,7,9-10H2,1-3H3,(H,20,23);1H/t15-,16+;/m1./s1. The van der Waals surface area contributed by atoms with Crippen molar-refractivity contribution in [2.45, 2.75) is 19.4 Å². The van der Waals surface area contributed by atoms with Crippen LogP contribution < -0.4 is 15.4 Å². The predicted molar refractivity (Wildman–Crippen MR) is 99.1 cm³/mol. The van der Waals surface area contributed by atoms with E-state index >= 15 is 0 Å². The molecule has 1 fully saturated rings. The van der Waals surface area contributed by atoms with Crippen molar-refractivity contribution in [2.24, 2.45) is 13.0 Å². The highest BCUT2D eigenvalue weighted by atomic mass is 35.5. The van der Waals surface area contributed by atoms with E-state index in [0.29, 0.717) is 13.1 Å². The van der Waals surface area contributed by atoms with Crippen LogP contribution in [0, 0.1) is 12.8 Å². The van der Waals surface area contributed by atoms with Crippen molar-refractivity contribution in [3.8, 4) is 5.75 Å². The number of aromatic nitrogens is 2. The molecule has 0 bridgehead atoms. The Labute approximate surface area is 154 Å². The molecule has 3 rings (SSSR count). The minimum Gasteiger partial charge on any atom is -0.496 e. The Balaban J connectivity index is 0.00000225. The fraction of sp³-hybridized carbons (Fsp3) is 0.444. The van der Waals surface area contributed by atoms with Gasteiger partial charge >= 0.3 is 0 Å². The molecule has 1 saturated heterocycles. The predicted octanol–water partition coefficient (Wildman–Crippen LogP) is 1.78. The molecule has 6 nitrogen and oxygen atoms in total. The lowest BCUT2D eigenvalue weighted by Gasteiger charge is -2.17. The van der Waals surface area contributed by atoms with Crippen LogP contribution in [0.2, 0.25) is 0 Å². The van der Waals surface area contributed by atoms with Crippen molar-refractivity contribution in [3.05, 3.63) is 47.3 Å². The fourth-order valence-corrected chi connectivity index (χ4v) is 3.23. The Bertz CT molecular complexity index is 732. The third-order valence-electron chi connectivity index (χ3n) is 4.64. The normalized spacial score (nSPS) is 19.3. The lowest BCUT2D eigenvalue weighted by molar-refractivity contribution is -0.125. The number of nitrogens with zero attached hydrogens (tertiary/aromatic N) is 2. The minimum absolute atomic E-state index is 0. The van der Waals surface area contributed by atoms with E-state index in [9.17, 15) is 4.79 Å². The lowest BCUT2D eigenvalue weighted by atomic mass is 9.90. The number of benzene rings is 1. The van der Waals surface area contributed by atoms with Gasteiger partial charge in [0.25, 0.3) is 0 Å². The number of amides is 1. The molecule has 7 heteroatoms. The van der Waals surface area contributed by atoms with Crippen molar-refractivity contribution in [2.75, 3.05) is 20.2 Å². The molecule has 0 radical (unpaired) electrons. The summed E-state index contributed by atoms with van der Waals surface area (Å²) in [5.74, 6) is 1.03. The molecular weight excluding hydrogens is 340 g/mol. The summed E-state index contributed by atoms with van der Waals surface area (Å²) in [6.45, 7) is 4.01. The number of carbonyl (C=O) groups excluding carboxylic acids is 1. The van der Waals surface area contributed by atoms with E-state index < -0.39 is 0 Å². The summed E-state index contributed by atoms with van der Waals surface area (Å²) >= 11 is 0. The van der Waals surface area contributed by atoms with Gasteiger partial charge in [-0.1, -0.05) is 12.1 Å². The largest absolute Gasteiger partial charge is 0.496 e. The number of carbonyl (C=O) groups is 1. The van der Waals surface area contributed by atoms with Crippen molar-refractivity contribution in [1.29, 1.82) is 0 Å². The van der Waals surface area contributed by atoms with Gasteiger partial charge in [-0.05, 0) is 29.7 Å². The Morgan fingerprint density at radius 1 is 1.44 bits per heavy atom. The Hall–Kier alpha value is -2.05. The molecule has 1 amide bonds. The van der Waals surface area contributed by atoms with E-state index in [1.54, 1.807) is 11.8 Å². The number of halogens is 1. The zero-order chi connectivity index (χ0) is 17.1. The summed E-state index contributed by atoms with van der Waals surface area (Å²) in [4.78, 5) is 12.6. The Kier molecular flexibility index (Phi) is 6.45. The van der Waals surface area contributed by atoms with Crippen LogP contribution in [0.5, 0.6) is 5.75 Å². The molecule has 0 spiro atoms. The first-order valence-electron chi connectivity index (χ1n) is 8.19. The number of ether oxygens (including phenoxy) is 1. The van der Waals surface area contributed by atoms with Gasteiger partial charge in [0.2, 0.25) is 5.91 Å². The van der Waals surface area contributed by atoms with Crippen LogP contribution in [0.15, 0.2) is 30.6 Å². The summed E-state index contributed by atoms with van der Waals surface area (Å²) in [5, 5.41) is 10.6. The van der Waals surface area contributed by atoms with Crippen LogP contribution in [0.3, 0.4) is 0 Å². The highest BCUT2D eigenvalue weighted by Gasteiger charge is 2.34. The highest BCUT2D eigenvalue weighted by Crippen LogP contribution is 2.28. The molecular formula is C18H25ClN4O2. The second-order valence-electron chi connectivity index (χ2n) is 6.34. The quantitative estimate of drug-likeness (QED) is 0.848. The number of nitrogens with one attached hydrogen (secondary N) is 2. The summed E-state index contributed by atoms with van der Waals surface area (Å²) in [6.07, 6.45) is 3.84. The first-order chi connectivity index (χ1) is 11.6. The smallest absolute Gasteiger partial charge is 0.225 e. The molecule has 2 heterocycles. The summed E-state index contributed by atoms with van der Waals surface area (Å²) < 4.78 is 7.12. The van der Waals surface area contributed by atoms with Crippen LogP contribution in [-0.2, 0) is 18.4 Å². The number of rotatable bonds is 5. The maximum Gasteiger partial charge on any atom is 0.225 e. The number of aryl methyl sites for hydroxylation is 2. The van der Waals surface area contributed by atoms with Crippen molar-refractivity contribution in [1.82, 2.24) is 20.4 Å². The van der Waals surface area contributed by atoms with Crippen LogP contribution in [-0.4, -0.2) is 35.9 Å². The van der Waals surface area contributed by atoms with Gasteiger partial charge in [0.1, 0.15) is 5.75 Å².